The van der Waals surface area contributed by atoms with Crippen LogP contribution in [0.3, 0.4) is 0 Å². The summed E-state index contributed by atoms with van der Waals surface area (Å²) in [6.45, 7) is 8.43. The number of likely N-dealkylation sites (tertiary alicyclic amines) is 2. The molecule has 2 saturated heterocycles. The maximum atomic E-state index is 14.6. The molecule has 7 rings (SSSR count). The van der Waals surface area contributed by atoms with Crippen LogP contribution in [0, 0.1) is 12.7 Å². The van der Waals surface area contributed by atoms with E-state index >= 15 is 0 Å². The second-order valence-corrected chi connectivity index (χ2v) is 15.3. The number of rotatable bonds is 11. The van der Waals surface area contributed by atoms with Crippen molar-refractivity contribution in [2.75, 3.05) is 26.2 Å². The first kappa shape index (κ1) is 39.4. The normalized spacial score (nSPS) is 19.5. The van der Waals surface area contributed by atoms with Crippen molar-refractivity contribution < 1.29 is 19.7 Å². The highest BCUT2D eigenvalue weighted by Crippen LogP contribution is 2.43. The summed E-state index contributed by atoms with van der Waals surface area (Å²) < 4.78 is 18.8. The van der Waals surface area contributed by atoms with E-state index in [-0.39, 0.29) is 30.0 Å². The molecule has 8 nitrogen and oxygen atoms in total. The Morgan fingerprint density at radius 2 is 1.53 bits per heavy atom. The molecule has 11 heteroatoms. The van der Waals surface area contributed by atoms with Gasteiger partial charge in [-0.1, -0.05) is 103 Å². The van der Waals surface area contributed by atoms with Crippen molar-refractivity contribution in [3.63, 3.8) is 0 Å². The van der Waals surface area contributed by atoms with E-state index in [1.807, 2.05) is 29.7 Å². The molecule has 0 aliphatic carbocycles. The summed E-state index contributed by atoms with van der Waals surface area (Å²) in [5.41, 5.74) is 2.20. The molecule has 4 heterocycles. The summed E-state index contributed by atoms with van der Waals surface area (Å²) in [7, 11) is 0. The largest absolute Gasteiger partial charge is 0.385 e. The molecule has 0 radical (unpaired) electrons. The fourth-order valence-electron chi connectivity index (χ4n) is 8.05. The minimum atomic E-state index is -1.84. The van der Waals surface area contributed by atoms with Crippen LogP contribution < -0.4 is 0 Å². The molecule has 284 valence electrons. The molecule has 3 N–H and O–H groups in total. The Morgan fingerprint density at radius 1 is 0.849 bits per heavy atom. The van der Waals surface area contributed by atoms with Crippen molar-refractivity contribution in [1.29, 1.82) is 0 Å². The van der Waals surface area contributed by atoms with Crippen LogP contribution in [0.15, 0.2) is 91.1 Å². The lowest BCUT2D eigenvalue weighted by Gasteiger charge is -2.46. The number of unbranched alkanes of at least 4 members (excludes halogenated alkanes) is 1. The maximum Gasteiger partial charge on any atom is 0.166 e. The average Bonchev–Trinajstić information content (AvgIpc) is 3.68. The summed E-state index contributed by atoms with van der Waals surface area (Å²) in [6.07, 6.45) is 7.81. The number of hydrogen-bond donors (Lipinski definition) is 3. The van der Waals surface area contributed by atoms with Gasteiger partial charge in [0.05, 0.1) is 11.8 Å². The SMILES string of the molecule is CCCC(N1CCC(O)(O)CC1c1ccccc1F)n1c(C)nc(Cl)c1Cl.OC1(c2ccccc2)CCN(CCCCn2ccc3ccccc32)CC1. The molecular formula is C42H52Cl2FN5O3. The smallest absolute Gasteiger partial charge is 0.166 e. The van der Waals surface area contributed by atoms with Gasteiger partial charge in [0.2, 0.25) is 0 Å². The van der Waals surface area contributed by atoms with Crippen LogP contribution in [0.25, 0.3) is 10.9 Å². The van der Waals surface area contributed by atoms with Crippen molar-refractivity contribution in [3.8, 4) is 0 Å². The van der Waals surface area contributed by atoms with Gasteiger partial charge in [0.25, 0.3) is 0 Å². The molecule has 2 unspecified atom stereocenters. The van der Waals surface area contributed by atoms with E-state index in [0.29, 0.717) is 23.1 Å². The molecule has 5 aromatic rings. The Balaban J connectivity index is 0.000000181. The molecule has 2 aliphatic heterocycles. The van der Waals surface area contributed by atoms with Gasteiger partial charge in [0.15, 0.2) is 10.9 Å². The summed E-state index contributed by atoms with van der Waals surface area (Å²) in [4.78, 5) is 8.83. The van der Waals surface area contributed by atoms with Crippen molar-refractivity contribution >= 4 is 34.1 Å². The number of aromatic nitrogens is 3. The zero-order valence-corrected chi connectivity index (χ0v) is 32.2. The molecule has 2 aliphatic rings. The number of piperidine rings is 2. The lowest BCUT2D eigenvalue weighted by Crippen LogP contribution is -2.49. The topological polar surface area (TPSA) is 89.9 Å². The Labute approximate surface area is 322 Å². The first-order chi connectivity index (χ1) is 25.5. The fraction of sp³-hybridized carbons (Fsp3) is 0.452. The van der Waals surface area contributed by atoms with Gasteiger partial charge < -0.3 is 29.4 Å². The van der Waals surface area contributed by atoms with Crippen LogP contribution in [-0.4, -0.2) is 71.2 Å². The predicted molar refractivity (Wildman–Crippen MR) is 210 cm³/mol. The summed E-state index contributed by atoms with van der Waals surface area (Å²) in [6, 6.07) is 26.9. The first-order valence-electron chi connectivity index (χ1n) is 18.9. The molecule has 0 bridgehead atoms. The molecule has 3 aromatic carbocycles. The summed E-state index contributed by atoms with van der Waals surface area (Å²) in [5, 5.41) is 33.3. The number of imidazole rings is 1. The van der Waals surface area contributed by atoms with Crippen molar-refractivity contribution in [1.82, 2.24) is 23.9 Å². The standard InChI is InChI=1S/C23H28N2O.C19H24Cl2FN3O2/c26-23(21-9-2-1-3-10-21)13-18-24(19-14-23)15-6-7-16-25-17-12-20-8-4-5-11-22(20)25;1-3-6-16(25-12(2)23-17(20)18(25)21)24-10-9-19(26,27)11-15(24)13-7-4-5-8-14(13)22/h1-5,8-12,17,26H,6-7,13-16,18-19H2;4-5,7-8,15-16,26-27H,3,6,9-11H2,1-2H3. The second kappa shape index (κ2) is 17.5. The minimum absolute atomic E-state index is 0.00719. The maximum absolute atomic E-state index is 14.6. The molecule has 2 aromatic heterocycles. The molecule has 2 fully saturated rings. The minimum Gasteiger partial charge on any atom is -0.385 e. The highest BCUT2D eigenvalue weighted by molar-refractivity contribution is 6.40. The van der Waals surface area contributed by atoms with E-state index in [0.717, 1.165) is 57.4 Å². The molecule has 0 saturated carbocycles. The van der Waals surface area contributed by atoms with E-state index in [1.54, 1.807) is 18.2 Å². The van der Waals surface area contributed by atoms with Gasteiger partial charge in [-0.2, -0.15) is 0 Å². The summed E-state index contributed by atoms with van der Waals surface area (Å²) in [5.74, 6) is -1.54. The third kappa shape index (κ3) is 9.34. The Morgan fingerprint density at radius 3 is 2.23 bits per heavy atom. The van der Waals surface area contributed by atoms with Crippen LogP contribution in [0.4, 0.5) is 4.39 Å². The van der Waals surface area contributed by atoms with Crippen LogP contribution in [0.2, 0.25) is 10.3 Å². The van der Waals surface area contributed by atoms with Gasteiger partial charge in [-0.15, -0.1) is 0 Å². The van der Waals surface area contributed by atoms with Gasteiger partial charge in [-0.25, -0.2) is 9.37 Å². The monoisotopic (exact) mass is 763 g/mol. The van der Waals surface area contributed by atoms with Crippen LogP contribution in [0.5, 0.6) is 0 Å². The van der Waals surface area contributed by atoms with E-state index in [4.69, 9.17) is 23.2 Å². The quantitative estimate of drug-likeness (QED) is 0.0921. The zero-order chi connectivity index (χ0) is 37.6. The molecule has 53 heavy (non-hydrogen) atoms. The fourth-order valence-corrected chi connectivity index (χ4v) is 8.54. The first-order valence-corrected chi connectivity index (χ1v) is 19.6. The second-order valence-electron chi connectivity index (χ2n) is 14.6. The van der Waals surface area contributed by atoms with Gasteiger partial charge in [-0.3, -0.25) is 4.90 Å². The molecule has 2 atom stereocenters. The number of fused-ring (bicyclic) bond motifs is 1. The number of hydrogen-bond acceptors (Lipinski definition) is 6. The van der Waals surface area contributed by atoms with Gasteiger partial charge >= 0.3 is 0 Å². The lowest BCUT2D eigenvalue weighted by atomic mass is 9.84. The average molecular weight is 765 g/mol. The number of halogens is 3. The third-order valence-electron chi connectivity index (χ3n) is 11.0. The van der Waals surface area contributed by atoms with Gasteiger partial charge in [0.1, 0.15) is 16.8 Å². The van der Waals surface area contributed by atoms with E-state index in [2.05, 4.69) is 74.9 Å². The summed E-state index contributed by atoms with van der Waals surface area (Å²) >= 11 is 12.5. The van der Waals surface area contributed by atoms with E-state index in [9.17, 15) is 19.7 Å². The van der Waals surface area contributed by atoms with E-state index in [1.165, 1.54) is 29.8 Å². The molecule has 0 spiro atoms. The van der Waals surface area contributed by atoms with Crippen LogP contribution in [-0.2, 0) is 12.1 Å². The van der Waals surface area contributed by atoms with Crippen LogP contribution in [0.1, 0.15) is 87.4 Å². The lowest BCUT2D eigenvalue weighted by molar-refractivity contribution is -0.208. The van der Waals surface area contributed by atoms with Gasteiger partial charge in [-0.05, 0) is 74.7 Å². The Hall–Kier alpha value is -3.28. The highest BCUT2D eigenvalue weighted by Gasteiger charge is 2.42. The Bertz CT molecular complexity index is 1920. The molecule has 0 amide bonds. The number of nitrogens with zero attached hydrogens (tertiary/aromatic N) is 5. The number of aliphatic hydroxyl groups is 3. The highest BCUT2D eigenvalue weighted by atomic mass is 35.5. The Kier molecular flexibility index (Phi) is 13.0. The predicted octanol–water partition coefficient (Wildman–Crippen LogP) is 8.86. The third-order valence-corrected chi connectivity index (χ3v) is 11.7. The zero-order valence-electron chi connectivity index (χ0n) is 30.7. The molecular weight excluding hydrogens is 712 g/mol. The van der Waals surface area contributed by atoms with Gasteiger partial charge in [0, 0.05) is 62.3 Å². The number of benzene rings is 3. The van der Waals surface area contributed by atoms with Crippen LogP contribution >= 0.6 is 23.2 Å². The van der Waals surface area contributed by atoms with Crippen molar-refractivity contribution in [2.24, 2.45) is 0 Å². The van der Waals surface area contributed by atoms with Crippen molar-refractivity contribution in [2.45, 2.75) is 95.4 Å². The van der Waals surface area contributed by atoms with E-state index < -0.39 is 17.4 Å². The van der Waals surface area contributed by atoms with Crippen molar-refractivity contribution in [3.05, 3.63) is 124 Å². The number of para-hydroxylation sites is 1. The number of aryl methyl sites for hydroxylation is 2.